The summed E-state index contributed by atoms with van der Waals surface area (Å²) in [6, 6.07) is 3.50. The highest BCUT2D eigenvalue weighted by molar-refractivity contribution is 7.93. The summed E-state index contributed by atoms with van der Waals surface area (Å²) in [5, 5.41) is 8.73. The first-order valence-corrected chi connectivity index (χ1v) is 6.60. The first kappa shape index (κ1) is 14.8. The molecule has 0 aromatic heterocycles. The predicted octanol–water partition coefficient (Wildman–Crippen LogP) is -0.118. The highest BCUT2D eigenvalue weighted by Crippen LogP contribution is 2.21. The van der Waals surface area contributed by atoms with Gasteiger partial charge in [0.25, 0.3) is 0 Å². The summed E-state index contributed by atoms with van der Waals surface area (Å²) in [4.78, 5) is 21.6. The van der Waals surface area contributed by atoms with E-state index in [1.165, 1.54) is 12.1 Å². The normalized spacial score (nSPS) is 10.8. The molecule has 9 heteroatoms. The third-order valence-electron chi connectivity index (χ3n) is 2.10. The second kappa shape index (κ2) is 5.57. The van der Waals surface area contributed by atoms with E-state index in [-0.39, 0.29) is 16.9 Å². The SMILES string of the molecule is COC(=O)CS(=O)(=O)Nc1ccc(C(=O)O)cc1N. The molecular weight excluding hydrogens is 276 g/mol. The van der Waals surface area contributed by atoms with Gasteiger partial charge in [-0.1, -0.05) is 0 Å². The van der Waals surface area contributed by atoms with Gasteiger partial charge in [-0.2, -0.15) is 0 Å². The maximum absolute atomic E-state index is 11.6. The first-order valence-electron chi connectivity index (χ1n) is 4.95. The van der Waals surface area contributed by atoms with Gasteiger partial charge in [-0.3, -0.25) is 9.52 Å². The number of nitrogens with two attached hydrogens (primary N) is 1. The molecule has 4 N–H and O–H groups in total. The summed E-state index contributed by atoms with van der Waals surface area (Å²) >= 11 is 0. The molecule has 0 unspecified atom stereocenters. The van der Waals surface area contributed by atoms with Gasteiger partial charge in [0.2, 0.25) is 10.0 Å². The molecule has 104 valence electrons. The number of carbonyl (C=O) groups is 2. The van der Waals surface area contributed by atoms with Crippen LogP contribution in [0.25, 0.3) is 0 Å². The van der Waals surface area contributed by atoms with E-state index in [2.05, 4.69) is 9.46 Å². The molecule has 0 radical (unpaired) electrons. The Kier molecular flexibility index (Phi) is 4.33. The number of nitrogen functional groups attached to an aromatic ring is 1. The lowest BCUT2D eigenvalue weighted by molar-refractivity contribution is -0.137. The van der Waals surface area contributed by atoms with Crippen LogP contribution in [0.5, 0.6) is 0 Å². The lowest BCUT2D eigenvalue weighted by atomic mass is 10.2. The van der Waals surface area contributed by atoms with Gasteiger partial charge in [-0.15, -0.1) is 0 Å². The predicted molar refractivity (Wildman–Crippen MR) is 67.2 cm³/mol. The highest BCUT2D eigenvalue weighted by atomic mass is 32.2. The molecule has 0 fully saturated rings. The van der Waals surface area contributed by atoms with E-state index < -0.39 is 27.7 Å². The zero-order valence-electron chi connectivity index (χ0n) is 9.91. The Morgan fingerprint density at radius 3 is 2.53 bits per heavy atom. The maximum atomic E-state index is 11.6. The summed E-state index contributed by atoms with van der Waals surface area (Å²) in [5.41, 5.74) is 5.38. The minimum absolute atomic E-state index is 0.00565. The van der Waals surface area contributed by atoms with Gasteiger partial charge < -0.3 is 15.6 Å². The van der Waals surface area contributed by atoms with E-state index >= 15 is 0 Å². The van der Waals surface area contributed by atoms with Crippen LogP contribution >= 0.6 is 0 Å². The van der Waals surface area contributed by atoms with E-state index in [1.54, 1.807) is 0 Å². The van der Waals surface area contributed by atoms with Crippen LogP contribution in [0.2, 0.25) is 0 Å². The summed E-state index contributed by atoms with van der Waals surface area (Å²) in [6.45, 7) is 0. The van der Waals surface area contributed by atoms with Gasteiger partial charge in [0, 0.05) is 0 Å². The number of carboxylic acid groups (broad SMARTS) is 1. The fourth-order valence-electron chi connectivity index (χ4n) is 1.21. The summed E-state index contributed by atoms with van der Waals surface area (Å²) in [7, 11) is -2.89. The zero-order valence-corrected chi connectivity index (χ0v) is 10.7. The van der Waals surface area contributed by atoms with Crippen molar-refractivity contribution in [2.45, 2.75) is 0 Å². The van der Waals surface area contributed by atoms with Crippen molar-refractivity contribution in [3.05, 3.63) is 23.8 Å². The van der Waals surface area contributed by atoms with E-state index in [9.17, 15) is 18.0 Å². The average molecular weight is 288 g/mol. The number of methoxy groups -OCH3 is 1. The number of carbonyl (C=O) groups excluding carboxylic acids is 1. The molecule has 0 aliphatic rings. The topological polar surface area (TPSA) is 136 Å². The molecule has 8 nitrogen and oxygen atoms in total. The Labute approximate surface area is 109 Å². The van der Waals surface area contributed by atoms with Gasteiger partial charge in [-0.05, 0) is 18.2 Å². The standard InChI is InChI=1S/C10H12N2O6S/c1-18-9(13)5-19(16,17)12-8-3-2-6(10(14)15)4-7(8)11/h2-4,12H,5,11H2,1H3,(H,14,15). The van der Waals surface area contributed by atoms with Crippen molar-refractivity contribution in [1.82, 2.24) is 0 Å². The number of benzene rings is 1. The van der Waals surface area contributed by atoms with Gasteiger partial charge in [0.15, 0.2) is 5.75 Å². The van der Waals surface area contributed by atoms with E-state index in [0.717, 1.165) is 13.2 Å². The molecule has 0 atom stereocenters. The lowest BCUT2D eigenvalue weighted by Gasteiger charge is -2.10. The molecule has 0 amide bonds. The number of hydrogen-bond acceptors (Lipinski definition) is 6. The van der Waals surface area contributed by atoms with E-state index in [4.69, 9.17) is 10.8 Å². The number of anilines is 2. The molecule has 1 aromatic carbocycles. The van der Waals surface area contributed by atoms with Gasteiger partial charge in [-0.25, -0.2) is 13.2 Å². The number of sulfonamides is 1. The number of aromatic carboxylic acids is 1. The molecule has 1 aromatic rings. The maximum Gasteiger partial charge on any atom is 0.335 e. The molecule has 19 heavy (non-hydrogen) atoms. The Hall–Kier alpha value is -2.29. The lowest BCUT2D eigenvalue weighted by Crippen LogP contribution is -2.24. The smallest absolute Gasteiger partial charge is 0.335 e. The Balaban J connectivity index is 2.94. The largest absolute Gasteiger partial charge is 0.478 e. The van der Waals surface area contributed by atoms with E-state index in [0.29, 0.717) is 0 Å². The van der Waals surface area contributed by atoms with Crippen LogP contribution in [0.1, 0.15) is 10.4 Å². The van der Waals surface area contributed by atoms with Crippen molar-refractivity contribution in [3.63, 3.8) is 0 Å². The van der Waals surface area contributed by atoms with Gasteiger partial charge >= 0.3 is 11.9 Å². The quantitative estimate of drug-likeness (QED) is 0.507. The van der Waals surface area contributed by atoms with Crippen LogP contribution in [-0.4, -0.2) is 38.3 Å². The van der Waals surface area contributed by atoms with Crippen molar-refractivity contribution in [2.24, 2.45) is 0 Å². The molecule has 1 rings (SSSR count). The molecule has 0 saturated carbocycles. The van der Waals surface area contributed by atoms with Crippen LogP contribution in [-0.2, 0) is 19.6 Å². The number of carboxylic acids is 1. The Morgan fingerprint density at radius 2 is 2.05 bits per heavy atom. The van der Waals surface area contributed by atoms with Crippen molar-refractivity contribution in [2.75, 3.05) is 23.3 Å². The zero-order chi connectivity index (χ0) is 14.6. The van der Waals surface area contributed by atoms with Crippen molar-refractivity contribution in [1.29, 1.82) is 0 Å². The molecule has 0 spiro atoms. The van der Waals surface area contributed by atoms with E-state index in [1.807, 2.05) is 0 Å². The van der Waals surface area contributed by atoms with Crippen LogP contribution in [0, 0.1) is 0 Å². The molecule has 0 aliphatic heterocycles. The van der Waals surface area contributed by atoms with Crippen LogP contribution in [0.15, 0.2) is 18.2 Å². The minimum Gasteiger partial charge on any atom is -0.478 e. The van der Waals surface area contributed by atoms with Crippen molar-refractivity contribution in [3.8, 4) is 0 Å². The van der Waals surface area contributed by atoms with Crippen molar-refractivity contribution < 1.29 is 27.9 Å². The molecule has 0 saturated heterocycles. The fraction of sp³-hybridized carbons (Fsp3) is 0.200. The Morgan fingerprint density at radius 1 is 1.42 bits per heavy atom. The number of esters is 1. The molecular formula is C10H12N2O6S. The van der Waals surface area contributed by atoms with Crippen LogP contribution in [0.3, 0.4) is 0 Å². The monoisotopic (exact) mass is 288 g/mol. The Bertz CT molecular complexity index is 610. The second-order valence-corrected chi connectivity index (χ2v) is 5.27. The van der Waals surface area contributed by atoms with Crippen molar-refractivity contribution >= 4 is 33.3 Å². The van der Waals surface area contributed by atoms with Crippen LogP contribution in [0.4, 0.5) is 11.4 Å². The molecule has 0 heterocycles. The summed E-state index contributed by atoms with van der Waals surface area (Å²) < 4.78 is 29.4. The third-order valence-corrected chi connectivity index (χ3v) is 3.25. The second-order valence-electron chi connectivity index (χ2n) is 3.54. The summed E-state index contributed by atoms with van der Waals surface area (Å²) in [6.07, 6.45) is 0. The number of nitrogens with one attached hydrogen (secondary N) is 1. The third kappa shape index (κ3) is 4.14. The molecule has 0 aliphatic carbocycles. The van der Waals surface area contributed by atoms with Gasteiger partial charge in [0.1, 0.15) is 0 Å². The van der Waals surface area contributed by atoms with Crippen LogP contribution < -0.4 is 10.5 Å². The summed E-state index contributed by atoms with van der Waals surface area (Å²) in [5.74, 6) is -2.97. The fourth-order valence-corrected chi connectivity index (χ4v) is 2.23. The highest BCUT2D eigenvalue weighted by Gasteiger charge is 2.18. The van der Waals surface area contributed by atoms with Gasteiger partial charge in [0.05, 0.1) is 24.0 Å². The molecule has 0 bridgehead atoms. The average Bonchev–Trinajstić information content (AvgIpc) is 2.30. The number of rotatable bonds is 5. The number of ether oxygens (including phenoxy) is 1. The number of hydrogen-bond donors (Lipinski definition) is 3. The first-order chi connectivity index (χ1) is 8.75. The minimum atomic E-state index is -3.95.